The lowest BCUT2D eigenvalue weighted by Gasteiger charge is -2.35. The molecule has 2 heterocycles. The van der Waals surface area contributed by atoms with E-state index in [-0.39, 0.29) is 11.9 Å². The SMILES string of the molecule is NCC1CCCCN1C(=O)c1cccc2cccnc12. The molecule has 0 radical (unpaired) electrons. The summed E-state index contributed by atoms with van der Waals surface area (Å²) in [6.07, 6.45) is 4.94. The van der Waals surface area contributed by atoms with Gasteiger partial charge in [-0.1, -0.05) is 18.2 Å². The van der Waals surface area contributed by atoms with E-state index in [2.05, 4.69) is 4.98 Å². The molecule has 1 aromatic carbocycles. The maximum atomic E-state index is 12.8. The highest BCUT2D eigenvalue weighted by molar-refractivity contribution is 6.05. The van der Waals surface area contributed by atoms with Gasteiger partial charge in [0.2, 0.25) is 0 Å². The average molecular weight is 269 g/mol. The van der Waals surface area contributed by atoms with Crippen molar-refractivity contribution < 1.29 is 4.79 Å². The number of para-hydroxylation sites is 1. The Bertz CT molecular complexity index is 621. The fourth-order valence-electron chi connectivity index (χ4n) is 2.94. The smallest absolute Gasteiger partial charge is 0.256 e. The minimum absolute atomic E-state index is 0.0597. The minimum atomic E-state index is 0.0597. The first kappa shape index (κ1) is 13.1. The van der Waals surface area contributed by atoms with Crippen molar-refractivity contribution in [2.24, 2.45) is 5.73 Å². The number of fused-ring (bicyclic) bond motifs is 1. The summed E-state index contributed by atoms with van der Waals surface area (Å²) in [5.74, 6) is 0.0597. The summed E-state index contributed by atoms with van der Waals surface area (Å²) >= 11 is 0. The van der Waals surface area contributed by atoms with Gasteiger partial charge < -0.3 is 10.6 Å². The normalized spacial score (nSPS) is 19.2. The van der Waals surface area contributed by atoms with Gasteiger partial charge in [-0.2, -0.15) is 0 Å². The summed E-state index contributed by atoms with van der Waals surface area (Å²) in [4.78, 5) is 19.1. The van der Waals surface area contributed by atoms with E-state index in [0.29, 0.717) is 12.1 Å². The molecule has 1 fully saturated rings. The number of hydrogen-bond donors (Lipinski definition) is 1. The van der Waals surface area contributed by atoms with E-state index in [1.54, 1.807) is 6.20 Å². The van der Waals surface area contributed by atoms with Gasteiger partial charge in [-0.3, -0.25) is 9.78 Å². The first-order valence-corrected chi connectivity index (χ1v) is 7.16. The number of rotatable bonds is 2. The third-order valence-corrected chi connectivity index (χ3v) is 4.02. The van der Waals surface area contributed by atoms with E-state index in [1.165, 1.54) is 0 Å². The molecule has 2 aromatic rings. The molecule has 4 nitrogen and oxygen atoms in total. The van der Waals surface area contributed by atoms with Crippen molar-refractivity contribution in [1.29, 1.82) is 0 Å². The second-order valence-electron chi connectivity index (χ2n) is 5.26. The zero-order chi connectivity index (χ0) is 13.9. The molecule has 3 rings (SSSR count). The molecule has 0 aliphatic carbocycles. The Kier molecular flexibility index (Phi) is 3.65. The monoisotopic (exact) mass is 269 g/mol. The number of hydrogen-bond acceptors (Lipinski definition) is 3. The predicted octanol–water partition coefficient (Wildman–Crippen LogP) is 2.19. The third kappa shape index (κ3) is 2.27. The number of aromatic nitrogens is 1. The van der Waals surface area contributed by atoms with Crippen LogP contribution in [0.3, 0.4) is 0 Å². The summed E-state index contributed by atoms with van der Waals surface area (Å²) in [6, 6.07) is 9.79. The molecule has 1 aromatic heterocycles. The Balaban J connectivity index is 1.99. The van der Waals surface area contributed by atoms with Gasteiger partial charge in [-0.15, -0.1) is 0 Å². The zero-order valence-electron chi connectivity index (χ0n) is 11.5. The van der Waals surface area contributed by atoms with E-state index >= 15 is 0 Å². The molecule has 1 atom stereocenters. The summed E-state index contributed by atoms with van der Waals surface area (Å²) in [5, 5.41) is 1.000. The summed E-state index contributed by atoms with van der Waals surface area (Å²) < 4.78 is 0. The van der Waals surface area contributed by atoms with Gasteiger partial charge in [0.1, 0.15) is 0 Å². The predicted molar refractivity (Wildman–Crippen MR) is 79.5 cm³/mol. The fraction of sp³-hybridized carbons (Fsp3) is 0.375. The highest BCUT2D eigenvalue weighted by Gasteiger charge is 2.27. The van der Waals surface area contributed by atoms with E-state index in [9.17, 15) is 4.79 Å². The minimum Gasteiger partial charge on any atom is -0.334 e. The number of amides is 1. The van der Waals surface area contributed by atoms with Gasteiger partial charge in [-0.05, 0) is 31.4 Å². The van der Waals surface area contributed by atoms with Crippen LogP contribution in [0, 0.1) is 0 Å². The molecule has 1 saturated heterocycles. The highest BCUT2D eigenvalue weighted by atomic mass is 16.2. The van der Waals surface area contributed by atoms with Crippen LogP contribution in [-0.4, -0.2) is 34.9 Å². The van der Waals surface area contributed by atoms with E-state index < -0.39 is 0 Å². The van der Waals surface area contributed by atoms with E-state index in [0.717, 1.165) is 36.7 Å². The number of likely N-dealkylation sites (tertiary alicyclic amines) is 1. The second kappa shape index (κ2) is 5.59. The Morgan fingerprint density at radius 3 is 3.00 bits per heavy atom. The number of carbonyl (C=O) groups is 1. The Morgan fingerprint density at radius 2 is 2.15 bits per heavy atom. The number of carbonyl (C=O) groups excluding carboxylic acids is 1. The molecule has 2 N–H and O–H groups in total. The number of piperidine rings is 1. The third-order valence-electron chi connectivity index (χ3n) is 4.02. The molecule has 1 amide bonds. The summed E-state index contributed by atoms with van der Waals surface area (Å²) in [7, 11) is 0. The Morgan fingerprint density at radius 1 is 1.30 bits per heavy atom. The second-order valence-corrected chi connectivity index (χ2v) is 5.26. The average Bonchev–Trinajstić information content (AvgIpc) is 2.53. The van der Waals surface area contributed by atoms with Gasteiger partial charge in [0.15, 0.2) is 0 Å². The van der Waals surface area contributed by atoms with Crippen LogP contribution in [0.5, 0.6) is 0 Å². The maximum absolute atomic E-state index is 12.8. The van der Waals surface area contributed by atoms with Crippen LogP contribution in [0.15, 0.2) is 36.5 Å². The fourth-order valence-corrected chi connectivity index (χ4v) is 2.94. The largest absolute Gasteiger partial charge is 0.334 e. The van der Waals surface area contributed by atoms with Gasteiger partial charge in [0.25, 0.3) is 5.91 Å². The molecule has 104 valence electrons. The molecular formula is C16H19N3O. The molecule has 4 heteroatoms. The Labute approximate surface area is 118 Å². The molecule has 1 unspecified atom stereocenters. The highest BCUT2D eigenvalue weighted by Crippen LogP contribution is 2.22. The van der Waals surface area contributed by atoms with Crippen LogP contribution in [0.25, 0.3) is 10.9 Å². The van der Waals surface area contributed by atoms with Gasteiger partial charge in [-0.25, -0.2) is 0 Å². The lowest BCUT2D eigenvalue weighted by atomic mass is 10.00. The van der Waals surface area contributed by atoms with Gasteiger partial charge >= 0.3 is 0 Å². The molecule has 1 aliphatic heterocycles. The van der Waals surface area contributed by atoms with Crippen molar-refractivity contribution in [2.75, 3.05) is 13.1 Å². The van der Waals surface area contributed by atoms with Crippen LogP contribution < -0.4 is 5.73 Å². The van der Waals surface area contributed by atoms with E-state index in [4.69, 9.17) is 5.73 Å². The van der Waals surface area contributed by atoms with Crippen LogP contribution in [0.2, 0.25) is 0 Å². The number of nitrogens with two attached hydrogens (primary N) is 1. The van der Waals surface area contributed by atoms with Crippen molar-refractivity contribution in [3.8, 4) is 0 Å². The van der Waals surface area contributed by atoms with Gasteiger partial charge in [0.05, 0.1) is 11.1 Å². The number of nitrogens with zero attached hydrogens (tertiary/aromatic N) is 2. The quantitative estimate of drug-likeness (QED) is 0.909. The van der Waals surface area contributed by atoms with Crippen LogP contribution in [0.1, 0.15) is 29.6 Å². The lowest BCUT2D eigenvalue weighted by molar-refractivity contribution is 0.0625. The van der Waals surface area contributed by atoms with Crippen molar-refractivity contribution in [1.82, 2.24) is 9.88 Å². The molecule has 0 spiro atoms. The van der Waals surface area contributed by atoms with Crippen molar-refractivity contribution in [3.63, 3.8) is 0 Å². The topological polar surface area (TPSA) is 59.2 Å². The van der Waals surface area contributed by atoms with Crippen LogP contribution >= 0.6 is 0 Å². The van der Waals surface area contributed by atoms with Crippen molar-refractivity contribution in [2.45, 2.75) is 25.3 Å². The molecule has 1 aliphatic rings. The summed E-state index contributed by atoms with van der Waals surface area (Å²) in [5.41, 5.74) is 7.28. The molecule has 0 saturated carbocycles. The number of benzene rings is 1. The number of pyridine rings is 1. The lowest BCUT2D eigenvalue weighted by Crippen LogP contribution is -2.47. The first-order valence-electron chi connectivity index (χ1n) is 7.16. The van der Waals surface area contributed by atoms with Crippen LogP contribution in [-0.2, 0) is 0 Å². The van der Waals surface area contributed by atoms with Gasteiger partial charge in [0, 0.05) is 30.7 Å². The molecule has 20 heavy (non-hydrogen) atoms. The van der Waals surface area contributed by atoms with E-state index in [1.807, 2.05) is 35.2 Å². The van der Waals surface area contributed by atoms with Crippen LogP contribution in [0.4, 0.5) is 0 Å². The molecule has 0 bridgehead atoms. The molecular weight excluding hydrogens is 250 g/mol. The maximum Gasteiger partial charge on any atom is 0.256 e. The standard InChI is InChI=1S/C16H19N3O/c17-11-13-7-1-2-10-19(13)16(20)14-8-3-5-12-6-4-9-18-15(12)14/h3-6,8-9,13H,1-2,7,10-11,17H2. The Hall–Kier alpha value is -1.94. The first-order chi connectivity index (χ1) is 9.81. The van der Waals surface area contributed by atoms with Crippen molar-refractivity contribution in [3.05, 3.63) is 42.1 Å². The van der Waals surface area contributed by atoms with Crippen molar-refractivity contribution >= 4 is 16.8 Å². The zero-order valence-corrected chi connectivity index (χ0v) is 11.5. The summed E-state index contributed by atoms with van der Waals surface area (Å²) in [6.45, 7) is 1.33.